The quantitative estimate of drug-likeness (QED) is 0.639. The molecule has 178 valence electrons. The Bertz CT molecular complexity index is 1050. The van der Waals surface area contributed by atoms with Crippen LogP contribution in [0.25, 0.3) is 0 Å². The summed E-state index contributed by atoms with van der Waals surface area (Å²) in [7, 11) is 3.96. The molecule has 1 saturated carbocycles. The molecule has 0 bridgehead atoms. The summed E-state index contributed by atoms with van der Waals surface area (Å²) >= 11 is 0. The summed E-state index contributed by atoms with van der Waals surface area (Å²) in [5.74, 6) is -0.267. The summed E-state index contributed by atoms with van der Waals surface area (Å²) in [6.45, 7) is 3.77. The lowest BCUT2D eigenvalue weighted by Crippen LogP contribution is -2.54. The third kappa shape index (κ3) is 4.18. The van der Waals surface area contributed by atoms with Gasteiger partial charge < -0.3 is 5.32 Å². The molecule has 2 amide bonds. The molecule has 1 aliphatic carbocycles. The average molecular weight is 465 g/mol. The zero-order valence-corrected chi connectivity index (χ0v) is 19.2. The number of anilines is 1. The number of hydrogen-bond acceptors (Lipinski definition) is 3. The first kappa shape index (κ1) is 23.5. The largest absolute Gasteiger partial charge is 0.433 e. The first-order chi connectivity index (χ1) is 15.4. The predicted molar refractivity (Wildman–Crippen MR) is 118 cm³/mol. The number of carbonyl (C=O) groups is 1. The number of benzene rings is 1. The fourth-order valence-electron chi connectivity index (χ4n) is 5.31. The first-order valence-electron chi connectivity index (χ1n) is 10.9. The molecule has 5 nitrogen and oxygen atoms in total. The van der Waals surface area contributed by atoms with Crippen LogP contribution in [0.2, 0.25) is 0 Å². The van der Waals surface area contributed by atoms with Gasteiger partial charge in [-0.05, 0) is 88.5 Å². The van der Waals surface area contributed by atoms with Gasteiger partial charge in [0, 0.05) is 5.54 Å². The molecule has 1 aromatic carbocycles. The van der Waals surface area contributed by atoms with Crippen LogP contribution in [0.4, 0.5) is 28.0 Å². The Morgan fingerprint density at radius 3 is 2.27 bits per heavy atom. The molecule has 0 unspecified atom stereocenters. The Morgan fingerprint density at radius 2 is 1.73 bits per heavy atom. The number of carbonyl (C=O) groups excluding carboxylic acids is 1. The normalized spacial score (nSPS) is 25.7. The van der Waals surface area contributed by atoms with Crippen LogP contribution in [-0.4, -0.2) is 42.1 Å². The number of nitrogens with one attached hydrogen (secondary N) is 1. The van der Waals surface area contributed by atoms with Crippen molar-refractivity contribution in [3.8, 4) is 0 Å². The van der Waals surface area contributed by atoms with Gasteiger partial charge in [0.15, 0.2) is 0 Å². The van der Waals surface area contributed by atoms with Crippen molar-refractivity contribution in [3.05, 3.63) is 58.7 Å². The van der Waals surface area contributed by atoms with E-state index in [1.54, 1.807) is 13.0 Å². The van der Waals surface area contributed by atoms with Crippen LogP contribution in [0.3, 0.4) is 0 Å². The van der Waals surface area contributed by atoms with Crippen molar-refractivity contribution in [2.75, 3.05) is 25.5 Å². The van der Waals surface area contributed by atoms with Crippen LogP contribution in [0.15, 0.2) is 30.5 Å². The van der Waals surface area contributed by atoms with E-state index in [9.17, 15) is 22.4 Å². The van der Waals surface area contributed by atoms with Crippen molar-refractivity contribution in [3.63, 3.8) is 0 Å². The highest BCUT2D eigenvalue weighted by Gasteiger charge is 2.50. The molecule has 2 aromatic rings. The van der Waals surface area contributed by atoms with Gasteiger partial charge in [0.25, 0.3) is 0 Å². The van der Waals surface area contributed by atoms with E-state index in [-0.39, 0.29) is 17.4 Å². The predicted octanol–water partition coefficient (Wildman–Crippen LogP) is 5.16. The highest BCUT2D eigenvalue weighted by molar-refractivity contribution is 5.96. The maximum absolute atomic E-state index is 14.2. The first-order valence-corrected chi connectivity index (χ1v) is 10.9. The summed E-state index contributed by atoms with van der Waals surface area (Å²) in [6, 6.07) is 5.74. The van der Waals surface area contributed by atoms with Crippen molar-refractivity contribution < 1.29 is 22.4 Å². The van der Waals surface area contributed by atoms with E-state index in [4.69, 9.17) is 0 Å². The van der Waals surface area contributed by atoms with Crippen LogP contribution in [0.5, 0.6) is 0 Å². The Hall–Kier alpha value is -2.68. The molecule has 0 atom stereocenters. The van der Waals surface area contributed by atoms with Gasteiger partial charge in [-0.15, -0.1) is 0 Å². The minimum Gasteiger partial charge on any atom is -0.330 e. The van der Waals surface area contributed by atoms with Crippen LogP contribution in [-0.2, 0) is 11.7 Å². The maximum atomic E-state index is 14.2. The number of aryl methyl sites for hydroxylation is 2. The number of hydrogen-bond donors (Lipinski definition) is 1. The van der Waals surface area contributed by atoms with Crippen molar-refractivity contribution in [1.29, 1.82) is 0 Å². The number of urea groups is 1. The molecule has 2 fully saturated rings. The van der Waals surface area contributed by atoms with Crippen molar-refractivity contribution >= 4 is 11.7 Å². The lowest BCUT2D eigenvalue weighted by molar-refractivity contribution is -0.141. The number of amides is 2. The minimum atomic E-state index is -4.54. The monoisotopic (exact) mass is 464 g/mol. The number of rotatable bonds is 3. The molecule has 4 rings (SSSR count). The minimum absolute atomic E-state index is 0.267. The summed E-state index contributed by atoms with van der Waals surface area (Å²) in [5.41, 5.74) is 0.675. The van der Waals surface area contributed by atoms with Crippen LogP contribution in [0.1, 0.15) is 48.1 Å². The van der Waals surface area contributed by atoms with E-state index >= 15 is 0 Å². The van der Waals surface area contributed by atoms with Crippen LogP contribution in [0, 0.1) is 19.7 Å². The standard InChI is InChI=1S/C24H28F4N4O/c1-15-9-17(12-18(25)10-15)23(31(3)4)7-5-22(6-8-23)14-32(21(33)30-22)19-13-29-20(11-16(19)2)24(26,27)28/h9-13H,5-8,14H2,1-4H3,(H,30,33)/t22-,23+. The van der Waals surface area contributed by atoms with Gasteiger partial charge in [0.05, 0.1) is 24.0 Å². The Balaban J connectivity index is 1.57. The second-order valence-corrected chi connectivity index (χ2v) is 9.59. The van der Waals surface area contributed by atoms with Gasteiger partial charge in [-0.3, -0.25) is 9.80 Å². The number of aromatic nitrogens is 1. The highest BCUT2D eigenvalue weighted by Crippen LogP contribution is 2.47. The summed E-state index contributed by atoms with van der Waals surface area (Å²) in [6.07, 6.45) is -0.667. The van der Waals surface area contributed by atoms with Gasteiger partial charge in [-0.2, -0.15) is 13.2 Å². The van der Waals surface area contributed by atoms with E-state index in [1.807, 2.05) is 27.1 Å². The highest BCUT2D eigenvalue weighted by atomic mass is 19.4. The van der Waals surface area contributed by atoms with Gasteiger partial charge in [-0.25, -0.2) is 14.2 Å². The molecule has 2 aliphatic rings. The topological polar surface area (TPSA) is 48.5 Å². The smallest absolute Gasteiger partial charge is 0.330 e. The number of halogens is 4. The van der Waals surface area contributed by atoms with Gasteiger partial charge >= 0.3 is 12.2 Å². The Kier molecular flexibility index (Phi) is 5.67. The number of alkyl halides is 3. The molecule has 1 aliphatic heterocycles. The molecule has 1 spiro atoms. The van der Waals surface area contributed by atoms with E-state index in [2.05, 4.69) is 15.2 Å². The van der Waals surface area contributed by atoms with E-state index in [0.717, 1.165) is 23.4 Å². The van der Waals surface area contributed by atoms with E-state index < -0.39 is 17.4 Å². The summed E-state index contributed by atoms with van der Waals surface area (Å²) < 4.78 is 53.1. The number of nitrogens with zero attached hydrogens (tertiary/aromatic N) is 3. The average Bonchev–Trinajstić information content (AvgIpc) is 3.02. The van der Waals surface area contributed by atoms with Gasteiger partial charge in [0.1, 0.15) is 11.5 Å². The molecular formula is C24H28F4N4O. The van der Waals surface area contributed by atoms with E-state index in [1.165, 1.54) is 11.0 Å². The van der Waals surface area contributed by atoms with Gasteiger partial charge in [0.2, 0.25) is 0 Å². The summed E-state index contributed by atoms with van der Waals surface area (Å²) in [4.78, 5) is 20.0. The second kappa shape index (κ2) is 7.97. The Morgan fingerprint density at radius 1 is 1.06 bits per heavy atom. The Labute approximate surface area is 190 Å². The van der Waals surface area contributed by atoms with Crippen LogP contribution < -0.4 is 10.2 Å². The van der Waals surface area contributed by atoms with Crippen LogP contribution >= 0.6 is 0 Å². The molecule has 1 saturated heterocycles. The summed E-state index contributed by atoms with van der Waals surface area (Å²) in [5, 5.41) is 3.09. The lowest BCUT2D eigenvalue weighted by atomic mass is 9.68. The molecule has 33 heavy (non-hydrogen) atoms. The van der Waals surface area contributed by atoms with Crippen molar-refractivity contribution in [2.24, 2.45) is 0 Å². The maximum Gasteiger partial charge on any atom is 0.433 e. The fraction of sp³-hybridized carbons (Fsp3) is 0.500. The molecule has 1 N–H and O–H groups in total. The van der Waals surface area contributed by atoms with Crippen molar-refractivity contribution in [2.45, 2.75) is 56.8 Å². The molecular weight excluding hydrogens is 436 g/mol. The SMILES string of the molecule is Cc1cc(F)cc([C@]2(N(C)C)CC[C@@]3(CC2)CN(c2cnc(C(F)(F)F)cc2C)C(=O)N3)c1. The number of pyridine rings is 1. The molecule has 1 aromatic heterocycles. The zero-order chi connectivity index (χ0) is 24.2. The lowest BCUT2D eigenvalue weighted by Gasteiger charge is -2.48. The molecule has 9 heteroatoms. The zero-order valence-electron chi connectivity index (χ0n) is 19.2. The van der Waals surface area contributed by atoms with Gasteiger partial charge in [-0.1, -0.05) is 6.07 Å². The molecule has 0 radical (unpaired) electrons. The second-order valence-electron chi connectivity index (χ2n) is 9.59. The third-order valence-electron chi connectivity index (χ3n) is 7.21. The van der Waals surface area contributed by atoms with E-state index in [0.29, 0.717) is 43.5 Å². The fourth-order valence-corrected chi connectivity index (χ4v) is 5.31. The van der Waals surface area contributed by atoms with Crippen molar-refractivity contribution in [1.82, 2.24) is 15.2 Å². The molecule has 2 heterocycles. The third-order valence-corrected chi connectivity index (χ3v) is 7.21.